The Morgan fingerprint density at radius 1 is 1.12 bits per heavy atom. The highest BCUT2D eigenvalue weighted by Crippen LogP contribution is 2.37. The van der Waals surface area contributed by atoms with E-state index in [0.29, 0.717) is 17.2 Å². The second kappa shape index (κ2) is 7.28. The lowest BCUT2D eigenvalue weighted by Gasteiger charge is -2.30. The van der Waals surface area contributed by atoms with Crippen molar-refractivity contribution in [2.75, 3.05) is 20.1 Å². The van der Waals surface area contributed by atoms with E-state index >= 15 is 0 Å². The van der Waals surface area contributed by atoms with E-state index in [0.717, 1.165) is 49.2 Å². The molecule has 0 amide bonds. The van der Waals surface area contributed by atoms with E-state index in [4.69, 9.17) is 4.98 Å². The number of nitrogens with one attached hydrogen (secondary N) is 2. The molecule has 0 bridgehead atoms. The molecule has 2 unspecified atom stereocenters. The first kappa shape index (κ1) is 19.7. The van der Waals surface area contributed by atoms with Crippen molar-refractivity contribution in [2.45, 2.75) is 31.9 Å². The minimum absolute atomic E-state index is 0.121. The number of likely N-dealkylation sites (N-methyl/N-ethyl adjacent to an activating group) is 1. The Hall–Kier alpha value is -2.98. The maximum Gasteiger partial charge on any atom is 0.173 e. The average molecular weight is 434 g/mol. The summed E-state index contributed by atoms with van der Waals surface area (Å²) in [4.78, 5) is 12.1. The standard InChI is InChI=1S/C23H27N7O2/c1-28-7-8-30(23(28)32)16-5-3-13(4-6-16)19-21(31)20(29(2)27-19)22-25-17-9-14-11-24-12-15(14)10-18(17)26-22/h3-5,9-10,16,23-24,31-32H,6-8,11-12H2,1-2H3,(H,25,26). The molecule has 32 heavy (non-hydrogen) atoms. The number of rotatable bonds is 3. The lowest BCUT2D eigenvalue weighted by atomic mass is 9.99. The van der Waals surface area contributed by atoms with E-state index in [-0.39, 0.29) is 11.8 Å². The summed E-state index contributed by atoms with van der Waals surface area (Å²) in [7, 11) is 3.75. The van der Waals surface area contributed by atoms with Crippen molar-refractivity contribution in [3.05, 3.63) is 47.2 Å². The third-order valence-corrected chi connectivity index (χ3v) is 6.86. The number of aromatic nitrogens is 4. The third-order valence-electron chi connectivity index (χ3n) is 6.86. The molecule has 1 saturated heterocycles. The molecule has 4 N–H and O–H groups in total. The Morgan fingerprint density at radius 3 is 2.66 bits per heavy atom. The molecule has 9 heteroatoms. The number of aliphatic hydroxyl groups is 1. The normalized spacial score (nSPS) is 23.9. The van der Waals surface area contributed by atoms with E-state index in [1.807, 2.05) is 25.1 Å². The first-order chi connectivity index (χ1) is 15.5. The number of hydrogen-bond acceptors (Lipinski definition) is 7. The molecular formula is C23H27N7O2. The first-order valence-electron chi connectivity index (χ1n) is 11.0. The summed E-state index contributed by atoms with van der Waals surface area (Å²) in [5, 5.41) is 29.4. The van der Waals surface area contributed by atoms with Crippen molar-refractivity contribution in [2.24, 2.45) is 7.05 Å². The molecule has 2 atom stereocenters. The lowest BCUT2D eigenvalue weighted by Crippen LogP contribution is -2.42. The number of H-pyrrole nitrogens is 1. The SMILES string of the molecule is CN1CCN(C2C=CC(c3nn(C)c(-c4nc5cc6c(cc5[nH]4)CNC6)c3O)=CC2)C1O. The Balaban J connectivity index is 1.30. The molecule has 1 aliphatic carbocycles. The summed E-state index contributed by atoms with van der Waals surface area (Å²) in [6, 6.07) is 4.37. The van der Waals surface area contributed by atoms with Gasteiger partial charge in [-0.25, -0.2) is 4.98 Å². The smallest absolute Gasteiger partial charge is 0.173 e. The largest absolute Gasteiger partial charge is 0.504 e. The van der Waals surface area contributed by atoms with Crippen molar-refractivity contribution in [1.82, 2.24) is 34.9 Å². The molecule has 6 rings (SSSR count). The Bertz CT molecular complexity index is 1230. The van der Waals surface area contributed by atoms with Crippen LogP contribution in [0.1, 0.15) is 23.2 Å². The molecule has 3 aromatic rings. The molecule has 0 spiro atoms. The highest BCUT2D eigenvalue weighted by Gasteiger charge is 2.32. The zero-order valence-corrected chi connectivity index (χ0v) is 18.2. The van der Waals surface area contributed by atoms with E-state index in [1.165, 1.54) is 11.1 Å². The fourth-order valence-electron chi connectivity index (χ4n) is 5.02. The van der Waals surface area contributed by atoms with Gasteiger partial charge in [0.05, 0.1) is 11.0 Å². The number of aryl methyl sites for hydroxylation is 1. The minimum Gasteiger partial charge on any atom is -0.504 e. The second-order valence-corrected chi connectivity index (χ2v) is 8.88. The van der Waals surface area contributed by atoms with Gasteiger partial charge in [-0.3, -0.25) is 14.5 Å². The molecule has 1 fully saturated rings. The number of fused-ring (bicyclic) bond motifs is 2. The van der Waals surface area contributed by atoms with Gasteiger partial charge in [0.25, 0.3) is 0 Å². The summed E-state index contributed by atoms with van der Waals surface area (Å²) in [6.45, 7) is 3.41. The number of aromatic amines is 1. The van der Waals surface area contributed by atoms with Crippen molar-refractivity contribution < 1.29 is 10.2 Å². The molecule has 2 aromatic heterocycles. The summed E-state index contributed by atoms with van der Waals surface area (Å²) in [6.07, 6.45) is 6.35. The summed E-state index contributed by atoms with van der Waals surface area (Å²) in [5.41, 5.74) is 6.39. The summed E-state index contributed by atoms with van der Waals surface area (Å²) in [5.74, 6) is 0.730. The van der Waals surface area contributed by atoms with Gasteiger partial charge in [0.15, 0.2) is 17.9 Å². The van der Waals surface area contributed by atoms with Crippen molar-refractivity contribution >= 4 is 16.6 Å². The predicted molar refractivity (Wildman–Crippen MR) is 121 cm³/mol. The van der Waals surface area contributed by atoms with Crippen LogP contribution in [-0.2, 0) is 20.1 Å². The highest BCUT2D eigenvalue weighted by atomic mass is 16.3. The number of allylic oxidation sites excluding steroid dienone is 2. The van der Waals surface area contributed by atoms with Gasteiger partial charge in [-0.05, 0) is 36.7 Å². The first-order valence-corrected chi connectivity index (χ1v) is 11.0. The van der Waals surface area contributed by atoms with Gasteiger partial charge in [0, 0.05) is 44.8 Å². The van der Waals surface area contributed by atoms with Crippen molar-refractivity contribution in [3.63, 3.8) is 0 Å². The van der Waals surface area contributed by atoms with Crippen LogP contribution in [0.4, 0.5) is 0 Å². The lowest BCUT2D eigenvalue weighted by molar-refractivity contribution is -0.0569. The number of aromatic hydroxyl groups is 1. The number of benzene rings is 1. The quantitative estimate of drug-likeness (QED) is 0.496. The minimum atomic E-state index is -0.556. The van der Waals surface area contributed by atoms with E-state index in [1.54, 1.807) is 4.68 Å². The van der Waals surface area contributed by atoms with Crippen LogP contribution in [0.15, 0.2) is 30.4 Å². The molecular weight excluding hydrogens is 406 g/mol. The van der Waals surface area contributed by atoms with Crippen molar-refractivity contribution in [1.29, 1.82) is 0 Å². The van der Waals surface area contributed by atoms with E-state index in [9.17, 15) is 10.2 Å². The Morgan fingerprint density at radius 2 is 1.94 bits per heavy atom. The van der Waals surface area contributed by atoms with Crippen LogP contribution in [0.25, 0.3) is 28.1 Å². The Kier molecular flexibility index (Phi) is 4.48. The third kappa shape index (κ3) is 3.01. The summed E-state index contributed by atoms with van der Waals surface area (Å²) < 4.78 is 1.68. The summed E-state index contributed by atoms with van der Waals surface area (Å²) >= 11 is 0. The fraction of sp³-hybridized carbons (Fsp3) is 0.391. The van der Waals surface area contributed by atoms with E-state index in [2.05, 4.69) is 44.6 Å². The van der Waals surface area contributed by atoms with Gasteiger partial charge in [-0.1, -0.05) is 18.2 Å². The van der Waals surface area contributed by atoms with Crippen LogP contribution < -0.4 is 5.32 Å². The molecule has 2 aliphatic heterocycles. The van der Waals surface area contributed by atoms with Gasteiger partial charge in [-0.15, -0.1) is 0 Å². The molecule has 0 radical (unpaired) electrons. The fourth-order valence-corrected chi connectivity index (χ4v) is 5.02. The molecule has 9 nitrogen and oxygen atoms in total. The van der Waals surface area contributed by atoms with Crippen LogP contribution in [0.3, 0.4) is 0 Å². The topological polar surface area (TPSA) is 105 Å². The molecule has 4 heterocycles. The van der Waals surface area contributed by atoms with Crippen LogP contribution in [0.2, 0.25) is 0 Å². The van der Waals surface area contributed by atoms with E-state index < -0.39 is 6.35 Å². The van der Waals surface area contributed by atoms with Gasteiger partial charge < -0.3 is 20.5 Å². The second-order valence-electron chi connectivity index (χ2n) is 8.88. The number of nitrogens with zero attached hydrogens (tertiary/aromatic N) is 5. The molecule has 3 aliphatic rings. The zero-order chi connectivity index (χ0) is 22.0. The highest BCUT2D eigenvalue weighted by molar-refractivity contribution is 5.84. The molecule has 0 saturated carbocycles. The van der Waals surface area contributed by atoms with Crippen molar-refractivity contribution in [3.8, 4) is 17.3 Å². The van der Waals surface area contributed by atoms with Crippen LogP contribution in [-0.4, -0.2) is 72.3 Å². The number of aliphatic hydroxyl groups excluding tert-OH is 1. The average Bonchev–Trinajstić information content (AvgIpc) is 3.54. The maximum atomic E-state index is 11.1. The van der Waals surface area contributed by atoms with Crippen LogP contribution in [0.5, 0.6) is 5.75 Å². The molecule has 1 aromatic carbocycles. The number of imidazole rings is 1. The predicted octanol–water partition coefficient (Wildman–Crippen LogP) is 1.51. The van der Waals surface area contributed by atoms with Gasteiger partial charge in [0.2, 0.25) is 0 Å². The van der Waals surface area contributed by atoms with Crippen LogP contribution in [0, 0.1) is 0 Å². The maximum absolute atomic E-state index is 11.1. The van der Waals surface area contributed by atoms with Gasteiger partial charge in [0.1, 0.15) is 11.4 Å². The van der Waals surface area contributed by atoms with Gasteiger partial charge >= 0.3 is 0 Å². The Labute approximate surface area is 185 Å². The van der Waals surface area contributed by atoms with Crippen LogP contribution >= 0.6 is 0 Å². The van der Waals surface area contributed by atoms with Gasteiger partial charge in [-0.2, -0.15) is 5.10 Å². The monoisotopic (exact) mass is 433 g/mol. The molecule has 166 valence electrons. The zero-order valence-electron chi connectivity index (χ0n) is 18.2. The number of hydrogen-bond donors (Lipinski definition) is 4.